The molecule has 1 saturated heterocycles. The summed E-state index contributed by atoms with van der Waals surface area (Å²) in [6.07, 6.45) is 11.4. The van der Waals surface area contributed by atoms with Gasteiger partial charge < -0.3 is 5.11 Å². The maximum Gasteiger partial charge on any atom is 0.137 e. The van der Waals surface area contributed by atoms with Gasteiger partial charge in [0.15, 0.2) is 0 Å². The van der Waals surface area contributed by atoms with Crippen LogP contribution in [0.1, 0.15) is 64.2 Å². The van der Waals surface area contributed by atoms with Crippen molar-refractivity contribution < 1.29 is 9.90 Å². The molecule has 1 N–H and O–H groups in total. The average molecular weight is 267 g/mol. The molecule has 0 aromatic carbocycles. The molecule has 0 spiro atoms. The fourth-order valence-corrected chi connectivity index (χ4v) is 3.78. The lowest BCUT2D eigenvalue weighted by Gasteiger charge is -2.38. The number of aliphatic hydroxyl groups excluding tert-OH is 1. The van der Waals surface area contributed by atoms with Crippen LogP contribution >= 0.6 is 0 Å². The molecule has 3 heteroatoms. The molecule has 2 atom stereocenters. The fourth-order valence-electron chi connectivity index (χ4n) is 3.78. The molecule has 1 aliphatic heterocycles. The van der Waals surface area contributed by atoms with Crippen molar-refractivity contribution in [3.8, 4) is 0 Å². The zero-order valence-corrected chi connectivity index (χ0v) is 12.1. The van der Waals surface area contributed by atoms with Gasteiger partial charge in [-0.3, -0.25) is 9.69 Å². The molecular formula is C16H29NO2. The van der Waals surface area contributed by atoms with E-state index in [1.54, 1.807) is 0 Å². The van der Waals surface area contributed by atoms with Gasteiger partial charge >= 0.3 is 0 Å². The first-order chi connectivity index (χ1) is 9.33. The molecule has 0 amide bonds. The van der Waals surface area contributed by atoms with E-state index in [1.807, 2.05) is 0 Å². The quantitative estimate of drug-likeness (QED) is 0.721. The van der Waals surface area contributed by atoms with Gasteiger partial charge in [0.1, 0.15) is 5.78 Å². The monoisotopic (exact) mass is 267 g/mol. The normalized spacial score (nSPS) is 29.0. The van der Waals surface area contributed by atoms with E-state index < -0.39 is 0 Å². The van der Waals surface area contributed by atoms with Crippen molar-refractivity contribution in [2.75, 3.05) is 19.7 Å². The fraction of sp³-hybridized carbons (Fsp3) is 0.938. The molecule has 0 aromatic heterocycles. The predicted molar refractivity (Wildman–Crippen MR) is 77.1 cm³/mol. The van der Waals surface area contributed by atoms with Gasteiger partial charge in [-0.15, -0.1) is 0 Å². The second-order valence-electron chi connectivity index (χ2n) is 6.20. The van der Waals surface area contributed by atoms with Crippen molar-refractivity contribution in [2.24, 2.45) is 5.92 Å². The summed E-state index contributed by atoms with van der Waals surface area (Å²) in [7, 11) is 0. The molecule has 0 aromatic rings. The number of rotatable bonds is 7. The number of hydrogen-bond acceptors (Lipinski definition) is 3. The van der Waals surface area contributed by atoms with Crippen molar-refractivity contribution >= 4 is 5.78 Å². The van der Waals surface area contributed by atoms with E-state index in [-0.39, 0.29) is 0 Å². The lowest BCUT2D eigenvalue weighted by molar-refractivity contribution is -0.123. The summed E-state index contributed by atoms with van der Waals surface area (Å²) in [6, 6.07) is 0.543. The minimum atomic E-state index is 0.322. The summed E-state index contributed by atoms with van der Waals surface area (Å²) in [6.45, 7) is 2.66. The SMILES string of the molecule is O=C1CCCC1C1CCCCN1CCCCCCO. The smallest absolute Gasteiger partial charge is 0.137 e. The molecule has 1 aliphatic carbocycles. The molecule has 3 nitrogen and oxygen atoms in total. The lowest BCUT2D eigenvalue weighted by atomic mass is 9.88. The summed E-state index contributed by atoms with van der Waals surface area (Å²) in [5.74, 6) is 0.870. The third kappa shape index (κ3) is 4.28. The van der Waals surface area contributed by atoms with Crippen LogP contribution in [-0.4, -0.2) is 41.5 Å². The van der Waals surface area contributed by atoms with Crippen molar-refractivity contribution in [3.05, 3.63) is 0 Å². The minimum absolute atomic E-state index is 0.322. The maximum absolute atomic E-state index is 12.0. The van der Waals surface area contributed by atoms with Gasteiger partial charge in [0.05, 0.1) is 0 Å². The first kappa shape index (κ1) is 15.0. The number of aliphatic hydroxyl groups is 1. The van der Waals surface area contributed by atoms with Crippen LogP contribution in [0, 0.1) is 5.92 Å². The molecule has 0 radical (unpaired) electrons. The van der Waals surface area contributed by atoms with Crippen LogP contribution in [0.4, 0.5) is 0 Å². The Hall–Kier alpha value is -0.410. The van der Waals surface area contributed by atoms with Crippen molar-refractivity contribution in [1.29, 1.82) is 0 Å². The Bertz CT molecular complexity index is 280. The van der Waals surface area contributed by atoms with E-state index in [0.29, 0.717) is 24.3 Å². The number of carbonyl (C=O) groups excluding carboxylic acids is 1. The minimum Gasteiger partial charge on any atom is -0.396 e. The highest BCUT2D eigenvalue weighted by Crippen LogP contribution is 2.32. The van der Waals surface area contributed by atoms with Gasteiger partial charge in [-0.05, 0) is 51.6 Å². The Labute approximate surface area is 117 Å². The van der Waals surface area contributed by atoms with E-state index in [1.165, 1.54) is 38.6 Å². The number of piperidine rings is 1. The molecule has 110 valence electrons. The summed E-state index contributed by atoms with van der Waals surface area (Å²) >= 11 is 0. The average Bonchev–Trinajstić information content (AvgIpc) is 2.85. The Balaban J connectivity index is 1.77. The van der Waals surface area contributed by atoms with E-state index in [0.717, 1.165) is 38.6 Å². The number of ketones is 1. The number of carbonyl (C=O) groups is 1. The maximum atomic E-state index is 12.0. The van der Waals surface area contributed by atoms with Crippen LogP contribution in [0.2, 0.25) is 0 Å². The topological polar surface area (TPSA) is 40.5 Å². The second-order valence-corrected chi connectivity index (χ2v) is 6.20. The zero-order valence-electron chi connectivity index (χ0n) is 12.1. The number of nitrogens with zero attached hydrogens (tertiary/aromatic N) is 1. The summed E-state index contributed by atoms with van der Waals surface area (Å²) in [5.41, 5.74) is 0. The van der Waals surface area contributed by atoms with Crippen molar-refractivity contribution in [2.45, 2.75) is 70.3 Å². The highest BCUT2D eigenvalue weighted by atomic mass is 16.2. The van der Waals surface area contributed by atoms with Gasteiger partial charge in [-0.25, -0.2) is 0 Å². The Morgan fingerprint density at radius 2 is 1.89 bits per heavy atom. The van der Waals surface area contributed by atoms with Crippen LogP contribution in [-0.2, 0) is 4.79 Å². The van der Waals surface area contributed by atoms with Gasteiger partial charge in [0.25, 0.3) is 0 Å². The number of likely N-dealkylation sites (tertiary alicyclic amines) is 1. The molecule has 2 rings (SSSR count). The van der Waals surface area contributed by atoms with Crippen LogP contribution in [0.3, 0.4) is 0 Å². The Kier molecular flexibility index (Phi) is 6.32. The standard InChI is InChI=1S/C16H29NO2/c18-13-6-2-1-4-11-17-12-5-3-9-15(17)14-8-7-10-16(14)19/h14-15,18H,1-13H2. The molecule has 2 fully saturated rings. The molecule has 19 heavy (non-hydrogen) atoms. The summed E-state index contributed by atoms with van der Waals surface area (Å²) < 4.78 is 0. The van der Waals surface area contributed by atoms with Crippen molar-refractivity contribution in [3.63, 3.8) is 0 Å². The van der Waals surface area contributed by atoms with Gasteiger partial charge in [0.2, 0.25) is 0 Å². The first-order valence-corrected chi connectivity index (χ1v) is 8.20. The number of Topliss-reactive ketones (excluding diaryl/α,β-unsaturated/α-hetero) is 1. The third-order valence-corrected chi connectivity index (χ3v) is 4.83. The van der Waals surface area contributed by atoms with Crippen LogP contribution in [0.5, 0.6) is 0 Å². The highest BCUT2D eigenvalue weighted by Gasteiger charge is 2.36. The molecular weight excluding hydrogens is 238 g/mol. The molecule has 0 bridgehead atoms. The Morgan fingerprint density at radius 3 is 2.63 bits per heavy atom. The molecule has 2 unspecified atom stereocenters. The molecule has 1 saturated carbocycles. The van der Waals surface area contributed by atoms with Gasteiger partial charge in [-0.1, -0.05) is 19.3 Å². The van der Waals surface area contributed by atoms with Crippen LogP contribution < -0.4 is 0 Å². The highest BCUT2D eigenvalue weighted by molar-refractivity contribution is 5.83. The number of unbranched alkanes of at least 4 members (excludes halogenated alkanes) is 3. The van der Waals surface area contributed by atoms with E-state index in [4.69, 9.17) is 5.11 Å². The summed E-state index contributed by atoms with van der Waals surface area (Å²) in [4.78, 5) is 14.6. The van der Waals surface area contributed by atoms with E-state index in [2.05, 4.69) is 4.90 Å². The molecule has 1 heterocycles. The Morgan fingerprint density at radius 1 is 1.05 bits per heavy atom. The van der Waals surface area contributed by atoms with E-state index >= 15 is 0 Å². The van der Waals surface area contributed by atoms with Crippen LogP contribution in [0.15, 0.2) is 0 Å². The van der Waals surface area contributed by atoms with Gasteiger partial charge in [0, 0.05) is 25.0 Å². The second kappa shape index (κ2) is 8.01. The largest absolute Gasteiger partial charge is 0.396 e. The third-order valence-electron chi connectivity index (χ3n) is 4.83. The lowest BCUT2D eigenvalue weighted by Crippen LogP contribution is -2.45. The predicted octanol–water partition coefficient (Wildman–Crippen LogP) is 2.76. The first-order valence-electron chi connectivity index (χ1n) is 8.20. The number of hydrogen-bond donors (Lipinski definition) is 1. The van der Waals surface area contributed by atoms with Gasteiger partial charge in [-0.2, -0.15) is 0 Å². The zero-order chi connectivity index (χ0) is 13.5. The van der Waals surface area contributed by atoms with E-state index in [9.17, 15) is 4.79 Å². The molecule has 2 aliphatic rings. The van der Waals surface area contributed by atoms with Crippen molar-refractivity contribution in [1.82, 2.24) is 4.90 Å². The summed E-state index contributed by atoms with van der Waals surface area (Å²) in [5, 5.41) is 8.78. The van der Waals surface area contributed by atoms with Crippen LogP contribution in [0.25, 0.3) is 0 Å².